The van der Waals surface area contributed by atoms with E-state index in [0.29, 0.717) is 45.4 Å². The van der Waals surface area contributed by atoms with Gasteiger partial charge in [-0.15, -0.1) is 0 Å². The number of aliphatic hydroxyl groups is 1. The van der Waals surface area contributed by atoms with Gasteiger partial charge in [0.25, 0.3) is 16.7 Å². The van der Waals surface area contributed by atoms with Gasteiger partial charge in [0.05, 0.1) is 94.6 Å². The molecule has 0 saturated carbocycles. The van der Waals surface area contributed by atoms with E-state index in [-0.39, 0.29) is 122 Å². The summed E-state index contributed by atoms with van der Waals surface area (Å²) in [5, 5.41) is 49.3. The summed E-state index contributed by atoms with van der Waals surface area (Å²) in [5.41, 5.74) is 3.53. The molecule has 5 aromatic carbocycles. The molecule has 0 amide bonds. The predicted octanol–water partition coefficient (Wildman–Crippen LogP) is 15.7. The van der Waals surface area contributed by atoms with E-state index in [0.717, 1.165) is 27.8 Å². The Balaban J connectivity index is 0.000000170. The van der Waals surface area contributed by atoms with Gasteiger partial charge < -0.3 is 36.6 Å². The van der Waals surface area contributed by atoms with Gasteiger partial charge in [-0.05, 0) is 83.9 Å². The first kappa shape index (κ1) is 82.3. The molecule has 0 aliphatic carbocycles. The van der Waals surface area contributed by atoms with Crippen molar-refractivity contribution in [3.63, 3.8) is 0 Å². The van der Waals surface area contributed by atoms with E-state index < -0.39 is 53.5 Å². The number of hydrogen-bond donors (Lipinski definition) is 2. The number of nitrogens with zero attached hydrogens (tertiary/aromatic N) is 15. The molecule has 0 saturated heterocycles. The van der Waals surface area contributed by atoms with Gasteiger partial charge >= 0.3 is 71.0 Å². The summed E-state index contributed by atoms with van der Waals surface area (Å²) in [6, 6.07) is 50.7. The second kappa shape index (κ2) is 39.0. The number of aliphatic hydroxyl groups excluding tert-OH is 1. The minimum absolute atomic E-state index is 0. The fourth-order valence-corrected chi connectivity index (χ4v) is 12.0. The molecule has 2 N–H and O–H groups in total. The molecule has 9 aromatic heterocycles. The second-order valence-electron chi connectivity index (χ2n) is 23.6. The standard InChI is InChI=1S/C37H26FN5O5.C22H14FN5O3.C22H12FN5O2.CH3.3HI.V/c38-32-14-7-13-28(31(32)18-39)29-17-30(35-34(15-8-16-42-35)46-21-25-9-3-1-4-10-25)33(43(36(29)44)27-19-40-24-41-20-27)23-48-37(45)47-22-26-11-5-2-6-12-26;23-18-4-1-3-14(17(18)8-24)15-7-16(21-20(30)5-2-6-27-21)19(11-29)28(22(15)31)13-9-25-12-26-10-13;23-18-4-1-3-14(17(18)8-24)15-7-16-19(11-30-20-5-2-6-27-21(16)20)28(22(15)29)13-9-25-12-26-10-13;;;;;/h1-17,19-20,24H,21-23H2;1-7,9-10,12,29-30H,11H2;1-7,9-10,12H,11H2;1H3;3*1H;/q;;;-1;;;;+3/p-3. The number of rotatable bonds is 16. The fraction of sp³-hybridized carbons (Fsp3) is 0.0610. The van der Waals surface area contributed by atoms with Gasteiger partial charge in [0, 0.05) is 68.7 Å². The monoisotopic (exact) mass is 1900 g/mol. The molecule has 25 nitrogen and oxygen atoms in total. The average molecular weight is 1900 g/mol. The maximum atomic E-state index is 14.9. The van der Waals surface area contributed by atoms with E-state index in [1.54, 1.807) is 67.0 Å². The predicted molar refractivity (Wildman–Crippen MR) is 435 cm³/mol. The van der Waals surface area contributed by atoms with Gasteiger partial charge in [-0.1, -0.05) is 97.1 Å². The Morgan fingerprint density at radius 2 is 0.877 bits per heavy atom. The molecule has 10 heterocycles. The van der Waals surface area contributed by atoms with Crippen LogP contribution in [0.5, 0.6) is 17.2 Å². The summed E-state index contributed by atoms with van der Waals surface area (Å²) in [6.45, 7) is -0.718. The summed E-state index contributed by atoms with van der Waals surface area (Å²) in [5.74, 6) is -1.51. The molecule has 0 bridgehead atoms. The van der Waals surface area contributed by atoms with Crippen molar-refractivity contribution in [3.05, 3.63) is 345 Å². The molecule has 0 spiro atoms. The number of nitriles is 3. The number of aromatic nitrogens is 12. The summed E-state index contributed by atoms with van der Waals surface area (Å²) < 4.78 is 70.2. The van der Waals surface area contributed by atoms with Crippen molar-refractivity contribution in [1.82, 2.24) is 58.6 Å². The minimum atomic E-state index is -0.976. The van der Waals surface area contributed by atoms with Crippen molar-refractivity contribution >= 4 is 66.1 Å². The molecular formula is C82H55F3I3N15O10V-. The Hall–Kier alpha value is -12.7. The third-order valence-electron chi connectivity index (χ3n) is 16.9. The van der Waals surface area contributed by atoms with E-state index in [4.69, 9.17) is 18.9 Å². The Morgan fingerprint density at radius 1 is 0.474 bits per heavy atom. The number of benzene rings is 5. The topological polar surface area (TPSA) is 348 Å². The first-order valence-electron chi connectivity index (χ1n) is 33.3. The molecule has 0 atom stereocenters. The van der Waals surface area contributed by atoms with Gasteiger partial charge in [0.1, 0.15) is 115 Å². The molecule has 1 aliphatic rings. The zero-order chi connectivity index (χ0) is 79.5. The van der Waals surface area contributed by atoms with Crippen LogP contribution >= 0.6 is 59.9 Å². The van der Waals surface area contributed by atoms with E-state index in [9.17, 15) is 58.3 Å². The van der Waals surface area contributed by atoms with Crippen LogP contribution in [0.2, 0.25) is 0 Å². The SMILES string of the molecule is N#Cc1c(F)cccc1-c1cc(-c2ncccc2O)c(CO)n(-c2cncnc2)c1=O.N#Cc1c(F)cccc1-c1cc(-c2ncccc2OCc2ccccc2)c(COC(=O)OCc2ccccc2)n(-c2cncnc2)c1=O.N#Cc1c(F)cccc1-c1cc2c(n(-c3cncnc3)c1=O)COc1cccnc1-2.[CH3-].[I][V]([I])[I]. The van der Waals surface area contributed by atoms with Gasteiger partial charge in [0.2, 0.25) is 0 Å². The third kappa shape index (κ3) is 18.7. The van der Waals surface area contributed by atoms with Crippen LogP contribution in [0.4, 0.5) is 18.0 Å². The number of halogens is 6. The summed E-state index contributed by atoms with van der Waals surface area (Å²) in [6.07, 6.45) is 16.1. The third-order valence-corrected chi connectivity index (χ3v) is 16.9. The van der Waals surface area contributed by atoms with Crippen molar-refractivity contribution in [1.29, 1.82) is 15.8 Å². The Kier molecular flexibility index (Phi) is 28.1. The second-order valence-corrected chi connectivity index (χ2v) is 59.0. The number of hydrogen-bond acceptors (Lipinski definition) is 22. The van der Waals surface area contributed by atoms with Crippen molar-refractivity contribution in [2.45, 2.75) is 33.0 Å². The number of pyridine rings is 6. The van der Waals surface area contributed by atoms with E-state index in [1.165, 1.54) is 132 Å². The van der Waals surface area contributed by atoms with Crippen LogP contribution in [0.1, 0.15) is 44.9 Å². The molecule has 0 radical (unpaired) electrons. The van der Waals surface area contributed by atoms with Gasteiger partial charge in [0.15, 0.2) is 0 Å². The van der Waals surface area contributed by atoms with Gasteiger partial charge in [-0.3, -0.25) is 43.0 Å². The Morgan fingerprint density at radius 3 is 1.35 bits per heavy atom. The van der Waals surface area contributed by atoms with Crippen LogP contribution in [0, 0.1) is 58.9 Å². The first-order valence-corrected chi connectivity index (χ1v) is 46.8. The molecule has 32 heteroatoms. The molecule has 566 valence electrons. The number of aromatic hydroxyl groups is 1. The molecule has 0 unspecified atom stereocenters. The maximum absolute atomic E-state index is 14.9. The zero-order valence-electron chi connectivity index (χ0n) is 59.2. The molecule has 1 aliphatic heterocycles. The summed E-state index contributed by atoms with van der Waals surface area (Å²) in [4.78, 5) is 91.1. The quantitative estimate of drug-likeness (QED) is 0.0515. The van der Waals surface area contributed by atoms with Crippen molar-refractivity contribution in [2.24, 2.45) is 0 Å². The zero-order valence-corrected chi connectivity index (χ0v) is 67.1. The van der Waals surface area contributed by atoms with Crippen LogP contribution in [0.25, 0.3) is 84.2 Å². The molecule has 15 rings (SSSR count). The van der Waals surface area contributed by atoms with Crippen molar-refractivity contribution in [3.8, 4) is 120 Å². The molecule has 114 heavy (non-hydrogen) atoms. The van der Waals surface area contributed by atoms with Crippen LogP contribution in [-0.4, -0.2) is 74.9 Å². The normalized spacial score (nSPS) is 10.7. The van der Waals surface area contributed by atoms with Gasteiger partial charge in [-0.25, -0.2) is 47.9 Å². The molecule has 0 fully saturated rings. The van der Waals surface area contributed by atoms with E-state index in [2.05, 4.69) is 105 Å². The average Bonchev–Trinajstić information content (AvgIpc) is 0.755. The number of fused-ring (bicyclic) bond motifs is 3. The Bertz CT molecular complexity index is 6170. The number of ether oxygens (including phenoxy) is 4. The van der Waals surface area contributed by atoms with Gasteiger partial charge in [-0.2, -0.15) is 15.8 Å². The first-order chi connectivity index (χ1) is 55.0. The fourth-order valence-electron chi connectivity index (χ4n) is 12.0. The van der Waals surface area contributed by atoms with E-state index in [1.807, 2.05) is 60.7 Å². The summed E-state index contributed by atoms with van der Waals surface area (Å²) >= 11 is 7.39. The van der Waals surface area contributed by atoms with E-state index >= 15 is 0 Å². The Labute approximate surface area is 684 Å². The van der Waals surface area contributed by atoms with Crippen LogP contribution in [0.15, 0.2) is 259 Å². The number of carbonyl (C=O) groups is 1. The van der Waals surface area contributed by atoms with Crippen molar-refractivity contribution < 1.29 is 52.0 Å². The van der Waals surface area contributed by atoms with Crippen LogP contribution in [-0.2, 0) is 47.4 Å². The number of carbonyl (C=O) groups excluding carboxylic acids is 1. The molecule has 14 aromatic rings. The van der Waals surface area contributed by atoms with Crippen LogP contribution < -0.4 is 26.2 Å². The van der Waals surface area contributed by atoms with Crippen LogP contribution in [0.3, 0.4) is 0 Å². The summed E-state index contributed by atoms with van der Waals surface area (Å²) in [7, 11) is 0. The van der Waals surface area contributed by atoms with Crippen molar-refractivity contribution in [2.75, 3.05) is 0 Å². The molecular weight excluding hydrogens is 1840 g/mol.